The third kappa shape index (κ3) is 14.8. The second kappa shape index (κ2) is 29.6. The number of rotatable bonds is 12. The van der Waals surface area contributed by atoms with Crippen LogP contribution in [0.1, 0.15) is 50.4 Å². The standard InChI is InChI=1S/C25H19N3O4.C22H13NO4.C18H11NO4.C15H14N2O4/c26-12-14-4-5-15-9-17(28-20(15)8-14)6-7-27-13-16-2-1-3-19-24(31)23-21(30)10-18(29)11-22(23)32-25(16)19;23-12-14-6-4-13(5-7-14)8-9-15-2-1-3-17-21(26)20-18(25)10-16(24)11-19(20)27-22(15)17;19-10-12-3-1-11(2-4-12)5-6-14-9-16(22)18-15(21)7-13(20)8-17(18)23-14;16-4-5-17-10-3-1-2-9-14(20)13-11(19)6-8(18)7-12(13)21-15(9)10/h1-5,8-11,27-30H,6-7,13H2;1-11,24-25H;1-9,20-21H;1-3,6-7,17-19H,4-5,16H2/b;9-8+;6-5+;. The van der Waals surface area contributed by atoms with Crippen LogP contribution in [-0.2, 0) is 13.0 Å². The Morgan fingerprint density at radius 1 is 0.447 bits per heavy atom. The summed E-state index contributed by atoms with van der Waals surface area (Å²) in [6, 6.07) is 54.4. The highest BCUT2D eigenvalue weighted by atomic mass is 16.4. The molecule has 5 heterocycles. The molecule has 5 aromatic heterocycles. The van der Waals surface area contributed by atoms with E-state index in [1.165, 1.54) is 30.3 Å². The maximum Gasteiger partial charge on any atom is 0.204 e. The molecule has 103 heavy (non-hydrogen) atoms. The Kier molecular flexibility index (Phi) is 19.7. The molecular weight excluding hydrogens is 1310 g/mol. The lowest BCUT2D eigenvalue weighted by molar-refractivity contribution is 0.450. The van der Waals surface area contributed by atoms with Gasteiger partial charge < -0.3 is 79.9 Å². The lowest BCUT2D eigenvalue weighted by Crippen LogP contribution is -2.17. The minimum atomic E-state index is -0.400. The van der Waals surface area contributed by atoms with Crippen LogP contribution in [0.25, 0.3) is 112 Å². The Labute approximate surface area is 580 Å². The number of aromatic amines is 1. The van der Waals surface area contributed by atoms with Crippen molar-refractivity contribution < 1.29 is 58.5 Å². The summed E-state index contributed by atoms with van der Waals surface area (Å²) in [7, 11) is 0. The van der Waals surface area contributed by atoms with E-state index in [1.54, 1.807) is 109 Å². The first-order valence-corrected chi connectivity index (χ1v) is 31.5. The van der Waals surface area contributed by atoms with Gasteiger partial charge in [-0.05, 0) is 95.7 Å². The number of phenols is 8. The maximum absolute atomic E-state index is 12.9. The smallest absolute Gasteiger partial charge is 0.204 e. The number of benzene rings is 10. The number of hydrogen-bond acceptors (Lipinski definition) is 22. The second-order valence-corrected chi connectivity index (χ2v) is 23.3. The molecule has 10 aromatic carbocycles. The number of nitrogens with two attached hydrogens (primary N) is 1. The first kappa shape index (κ1) is 68.4. The number of hydrogen-bond donors (Lipinski definition) is 12. The molecular formula is C80H57N7O16. The SMILES string of the molecule is N#Cc1ccc(/C=C/c2cc(=O)c3c(O)cc(O)cc3o2)cc1.N#Cc1ccc(/C=C/c2cccc3c(=O)c4c(O)cc(O)cc4oc23)cc1.N#Cc1ccc2cc(CCNCc3cccc4c(=O)c5c(O)cc(O)cc5oc34)[nH]c2c1.NCCNc1cccc2c(=O)c3c(O)cc(O)cc3oc12. The molecule has 23 heteroatoms. The number of nitrogens with zero attached hydrogens (tertiary/aromatic N) is 3. The van der Waals surface area contributed by atoms with E-state index in [2.05, 4.69) is 33.8 Å². The first-order chi connectivity index (χ1) is 49.8. The van der Waals surface area contributed by atoms with Gasteiger partial charge in [-0.15, -0.1) is 0 Å². The summed E-state index contributed by atoms with van der Waals surface area (Å²) in [4.78, 5) is 53.5. The summed E-state index contributed by atoms with van der Waals surface area (Å²) in [5.41, 5.74) is 13.3. The van der Waals surface area contributed by atoms with Crippen molar-refractivity contribution in [1.29, 1.82) is 15.8 Å². The van der Waals surface area contributed by atoms with Gasteiger partial charge in [-0.2, -0.15) is 15.8 Å². The highest BCUT2D eigenvalue weighted by Crippen LogP contribution is 2.36. The molecule has 15 rings (SSSR count). The molecule has 508 valence electrons. The summed E-state index contributed by atoms with van der Waals surface area (Å²) >= 11 is 0. The fourth-order valence-electron chi connectivity index (χ4n) is 11.5. The van der Waals surface area contributed by atoms with E-state index in [4.69, 9.17) is 39.2 Å². The maximum atomic E-state index is 12.9. The predicted molar refractivity (Wildman–Crippen MR) is 392 cm³/mol. The molecule has 0 saturated heterocycles. The van der Waals surface area contributed by atoms with Crippen LogP contribution in [0.3, 0.4) is 0 Å². The minimum Gasteiger partial charge on any atom is -0.508 e. The summed E-state index contributed by atoms with van der Waals surface area (Å²) in [5.74, 6) is -1.68. The molecule has 0 aliphatic rings. The zero-order chi connectivity index (χ0) is 72.6. The third-order valence-corrected chi connectivity index (χ3v) is 16.3. The molecule has 0 saturated carbocycles. The summed E-state index contributed by atoms with van der Waals surface area (Å²) in [6.07, 6.45) is 7.74. The average molecular weight is 1370 g/mol. The lowest BCUT2D eigenvalue weighted by atomic mass is 10.1. The third-order valence-electron chi connectivity index (χ3n) is 16.3. The molecule has 15 aromatic rings. The molecule has 0 atom stereocenters. The van der Waals surface area contributed by atoms with Gasteiger partial charge in [-0.1, -0.05) is 78.9 Å². The van der Waals surface area contributed by atoms with Crippen LogP contribution >= 0.6 is 0 Å². The average Bonchev–Trinajstić information content (AvgIpc) is 1.31. The first-order valence-electron chi connectivity index (χ1n) is 31.5. The number of nitrogens with one attached hydrogen (secondary N) is 3. The number of phenolic OH excluding ortho intramolecular Hbond substituents is 8. The number of anilines is 1. The molecule has 0 aliphatic carbocycles. The van der Waals surface area contributed by atoms with Gasteiger partial charge in [-0.3, -0.25) is 19.2 Å². The van der Waals surface area contributed by atoms with Gasteiger partial charge in [0.1, 0.15) is 107 Å². The molecule has 0 radical (unpaired) electrons. The zero-order valence-corrected chi connectivity index (χ0v) is 53.9. The van der Waals surface area contributed by atoms with Crippen LogP contribution < -0.4 is 38.1 Å². The van der Waals surface area contributed by atoms with Gasteiger partial charge in [0.25, 0.3) is 0 Å². The van der Waals surface area contributed by atoms with E-state index >= 15 is 0 Å². The van der Waals surface area contributed by atoms with Crippen LogP contribution in [0.15, 0.2) is 219 Å². The molecule has 13 N–H and O–H groups in total. The quantitative estimate of drug-likeness (QED) is 0.0307. The van der Waals surface area contributed by atoms with E-state index in [0.717, 1.165) is 64.0 Å². The summed E-state index contributed by atoms with van der Waals surface area (Å²) < 4.78 is 22.9. The number of H-pyrrole nitrogens is 1. The number of fused-ring (bicyclic) bond motifs is 8. The topological polar surface area (TPSA) is 420 Å². The Hall–Kier alpha value is -14.6. The van der Waals surface area contributed by atoms with E-state index in [1.807, 2.05) is 42.5 Å². The van der Waals surface area contributed by atoms with E-state index in [-0.39, 0.29) is 112 Å². The highest BCUT2D eigenvalue weighted by Gasteiger charge is 2.19. The van der Waals surface area contributed by atoms with Crippen molar-refractivity contribution in [3.05, 3.63) is 273 Å². The van der Waals surface area contributed by atoms with Gasteiger partial charge in [0.15, 0.2) is 11.0 Å². The monoisotopic (exact) mass is 1370 g/mol. The van der Waals surface area contributed by atoms with Crippen LogP contribution in [0, 0.1) is 34.0 Å². The summed E-state index contributed by atoms with van der Waals surface area (Å²) in [5, 5.41) is 113. The zero-order valence-electron chi connectivity index (χ0n) is 53.9. The number of para-hydroxylation sites is 3. The van der Waals surface area contributed by atoms with Gasteiger partial charge in [-0.25, -0.2) is 0 Å². The fraction of sp³-hybridized carbons (Fsp3) is 0.0625. The highest BCUT2D eigenvalue weighted by molar-refractivity contribution is 6.00. The van der Waals surface area contributed by atoms with Crippen molar-refractivity contribution in [2.75, 3.05) is 25.0 Å². The van der Waals surface area contributed by atoms with E-state index < -0.39 is 5.43 Å². The Bertz CT molecular complexity index is 6310. The van der Waals surface area contributed by atoms with Gasteiger partial charge in [0, 0.05) is 103 Å². The number of nitriles is 3. The number of aromatic hydroxyl groups is 8. The Morgan fingerprint density at radius 2 is 0.913 bits per heavy atom. The lowest BCUT2D eigenvalue weighted by Gasteiger charge is -2.09. The van der Waals surface area contributed by atoms with Crippen LogP contribution in [-0.4, -0.2) is 65.5 Å². The predicted octanol–water partition coefficient (Wildman–Crippen LogP) is 13.4. The normalized spacial score (nSPS) is 11.2. The van der Waals surface area contributed by atoms with Crippen molar-refractivity contribution in [3.8, 4) is 64.2 Å². The van der Waals surface area contributed by atoms with E-state index in [0.29, 0.717) is 87.0 Å². The van der Waals surface area contributed by atoms with Crippen molar-refractivity contribution in [2.24, 2.45) is 5.73 Å². The van der Waals surface area contributed by atoms with Crippen molar-refractivity contribution in [1.82, 2.24) is 10.3 Å². The van der Waals surface area contributed by atoms with Crippen molar-refractivity contribution >= 4 is 118 Å². The molecule has 0 aliphatic heterocycles. The Morgan fingerprint density at radius 3 is 1.46 bits per heavy atom. The molecule has 23 nitrogen and oxygen atoms in total. The summed E-state index contributed by atoms with van der Waals surface area (Å²) in [6.45, 7) is 2.14. The largest absolute Gasteiger partial charge is 0.508 e. The molecule has 0 unspecified atom stereocenters. The molecule has 0 amide bonds. The Balaban J connectivity index is 0.000000131. The molecule has 0 fully saturated rings. The van der Waals surface area contributed by atoms with Crippen molar-refractivity contribution in [2.45, 2.75) is 13.0 Å². The number of aromatic nitrogens is 1. The van der Waals surface area contributed by atoms with Gasteiger partial charge in [0.2, 0.25) is 16.3 Å². The van der Waals surface area contributed by atoms with Crippen LogP contribution in [0.2, 0.25) is 0 Å². The second-order valence-electron chi connectivity index (χ2n) is 23.3. The fourth-order valence-corrected chi connectivity index (χ4v) is 11.5. The van der Waals surface area contributed by atoms with Crippen molar-refractivity contribution in [3.63, 3.8) is 0 Å². The minimum absolute atomic E-state index is 0.0262. The van der Waals surface area contributed by atoms with E-state index in [9.17, 15) is 60.0 Å². The van der Waals surface area contributed by atoms with Crippen LogP contribution in [0.5, 0.6) is 46.0 Å². The molecule has 0 spiro atoms. The molecule has 0 bridgehead atoms. The van der Waals surface area contributed by atoms with Gasteiger partial charge in [0.05, 0.1) is 56.7 Å². The van der Waals surface area contributed by atoms with Gasteiger partial charge >= 0.3 is 0 Å². The van der Waals surface area contributed by atoms with Crippen LogP contribution in [0.4, 0.5) is 5.69 Å².